The maximum absolute atomic E-state index is 13.1. The number of hydrogen-bond acceptors (Lipinski definition) is 8. The normalized spacial score (nSPS) is 14.8. The second kappa shape index (κ2) is 12.0. The summed E-state index contributed by atoms with van der Waals surface area (Å²) in [7, 11) is 3.89. The molecule has 1 fully saturated rings. The lowest BCUT2D eigenvalue weighted by Crippen LogP contribution is -2.37. The molecule has 4 rings (SSSR count). The summed E-state index contributed by atoms with van der Waals surface area (Å²) in [4.78, 5) is 23.7. The van der Waals surface area contributed by atoms with Crippen LogP contribution in [0.2, 0.25) is 0 Å². The van der Waals surface area contributed by atoms with E-state index in [0.717, 1.165) is 32.2 Å². The third-order valence-corrected chi connectivity index (χ3v) is 6.38. The number of hydrogen-bond donors (Lipinski definition) is 3. The van der Waals surface area contributed by atoms with Crippen LogP contribution in [0.1, 0.15) is 28.9 Å². The van der Waals surface area contributed by atoms with Gasteiger partial charge < -0.3 is 25.6 Å². The monoisotopic (exact) mass is 554 g/mol. The van der Waals surface area contributed by atoms with E-state index in [-0.39, 0.29) is 11.9 Å². The number of benzene rings is 2. The molecule has 3 aromatic rings. The molecule has 188 valence electrons. The van der Waals surface area contributed by atoms with Crippen LogP contribution in [0.5, 0.6) is 11.5 Å². The Morgan fingerprint density at radius 3 is 2.33 bits per heavy atom. The van der Waals surface area contributed by atoms with Crippen LogP contribution in [-0.4, -0.2) is 54.4 Å². The van der Waals surface area contributed by atoms with Gasteiger partial charge in [0, 0.05) is 25.0 Å². The number of nitrogens with one attached hydrogen (secondary N) is 3. The van der Waals surface area contributed by atoms with Crippen LogP contribution in [0.3, 0.4) is 0 Å². The van der Waals surface area contributed by atoms with Gasteiger partial charge in [-0.25, -0.2) is 9.37 Å². The van der Waals surface area contributed by atoms with Crippen molar-refractivity contribution >= 4 is 44.2 Å². The second-order valence-electron chi connectivity index (χ2n) is 8.48. The van der Waals surface area contributed by atoms with Crippen LogP contribution < -0.4 is 20.7 Å². The minimum Gasteiger partial charge on any atom is -0.457 e. The summed E-state index contributed by atoms with van der Waals surface area (Å²) in [5, 5.41) is 9.63. The number of anilines is 3. The number of carbonyl (C=O) groups is 1. The average Bonchev–Trinajstić information content (AvgIpc) is 2.88. The number of halogens is 2. The van der Waals surface area contributed by atoms with Crippen molar-refractivity contribution in [1.82, 2.24) is 20.2 Å². The highest BCUT2D eigenvalue weighted by atomic mass is 79.9. The Bertz CT molecular complexity index is 1210. The van der Waals surface area contributed by atoms with Gasteiger partial charge in [-0.05, 0) is 97.4 Å². The van der Waals surface area contributed by atoms with Gasteiger partial charge in [-0.3, -0.25) is 4.79 Å². The Balaban J connectivity index is 1.58. The number of likely N-dealkylation sites (tertiary alicyclic amines) is 1. The lowest BCUT2D eigenvalue weighted by Gasteiger charge is -2.29. The summed E-state index contributed by atoms with van der Waals surface area (Å²) in [5.41, 5.74) is 1.52. The van der Waals surface area contributed by atoms with Crippen LogP contribution in [-0.2, 0) is 0 Å². The van der Waals surface area contributed by atoms with Crippen molar-refractivity contribution in [3.8, 4) is 11.5 Å². The van der Waals surface area contributed by atoms with Gasteiger partial charge >= 0.3 is 0 Å². The highest BCUT2D eigenvalue weighted by Gasteiger charge is 2.21. The zero-order valence-electron chi connectivity index (χ0n) is 20.1. The molecule has 1 aliphatic heterocycles. The molecule has 1 saturated heterocycles. The van der Waals surface area contributed by atoms with Gasteiger partial charge in [0.05, 0.1) is 15.7 Å². The number of aromatic nitrogens is 2. The summed E-state index contributed by atoms with van der Waals surface area (Å²) in [6.45, 7) is 2.00. The predicted molar refractivity (Wildman–Crippen MR) is 144 cm³/mol. The van der Waals surface area contributed by atoms with Crippen molar-refractivity contribution in [2.75, 3.05) is 37.8 Å². The summed E-state index contributed by atoms with van der Waals surface area (Å²) in [6, 6.07) is 13.3. The van der Waals surface area contributed by atoms with Crippen molar-refractivity contribution in [2.45, 2.75) is 18.9 Å². The lowest BCUT2D eigenvalue weighted by molar-refractivity contribution is 0.112. The van der Waals surface area contributed by atoms with Gasteiger partial charge in [0.1, 0.15) is 23.1 Å². The summed E-state index contributed by atoms with van der Waals surface area (Å²) < 4.78 is 19.5. The topological polar surface area (TPSA) is 91.4 Å². The molecule has 2 heterocycles. The van der Waals surface area contributed by atoms with Crippen LogP contribution in [0.25, 0.3) is 4.48 Å². The second-order valence-corrected chi connectivity index (χ2v) is 9.34. The van der Waals surface area contributed by atoms with Crippen LogP contribution in [0.4, 0.5) is 21.8 Å². The van der Waals surface area contributed by atoms with Gasteiger partial charge in [-0.1, -0.05) is 0 Å². The standard InChI is InChI=1S/C26H28BrFN6O2/c1-29-15-23(27)24-22(16-35)25(33-26(32-24)31-19-11-13-34(2)14-12-19)30-18-5-9-21(10-6-18)36-20-7-3-17(28)4-8-20/h3-10,15-16,19,29H,11-14H2,1-2H3,(H2,30,31,32,33)/b23-15+. The molecule has 1 aromatic heterocycles. The highest BCUT2D eigenvalue weighted by Crippen LogP contribution is 2.30. The van der Waals surface area contributed by atoms with E-state index in [1.165, 1.54) is 12.1 Å². The van der Waals surface area contributed by atoms with E-state index in [9.17, 15) is 9.18 Å². The smallest absolute Gasteiger partial charge is 0.225 e. The molecule has 8 nitrogen and oxygen atoms in total. The van der Waals surface area contributed by atoms with E-state index in [1.54, 1.807) is 37.5 Å². The number of carbonyl (C=O) groups excluding carboxylic acids is 1. The number of aldehydes is 1. The molecule has 36 heavy (non-hydrogen) atoms. The molecule has 0 saturated carbocycles. The van der Waals surface area contributed by atoms with Crippen LogP contribution in [0.15, 0.2) is 54.7 Å². The fraction of sp³-hybridized carbons (Fsp3) is 0.269. The van der Waals surface area contributed by atoms with Crippen molar-refractivity contribution < 1.29 is 13.9 Å². The molecule has 10 heteroatoms. The first kappa shape index (κ1) is 25.6. The third kappa shape index (κ3) is 6.58. The summed E-state index contributed by atoms with van der Waals surface area (Å²) >= 11 is 3.52. The van der Waals surface area contributed by atoms with Gasteiger partial charge in [-0.2, -0.15) is 4.98 Å². The SMILES string of the molecule is CN/C=C(/Br)c1nc(NC2CCN(C)CC2)nc(Nc2ccc(Oc3ccc(F)cc3)cc2)c1C=O. The van der Waals surface area contributed by atoms with Crippen molar-refractivity contribution in [3.63, 3.8) is 0 Å². The minimum atomic E-state index is -0.321. The first-order valence-corrected chi connectivity index (χ1v) is 12.4. The fourth-order valence-electron chi connectivity index (χ4n) is 3.84. The molecule has 0 unspecified atom stereocenters. The number of piperidine rings is 1. The average molecular weight is 555 g/mol. The summed E-state index contributed by atoms with van der Waals surface area (Å²) in [5.74, 6) is 1.64. The van der Waals surface area contributed by atoms with E-state index in [0.29, 0.717) is 44.7 Å². The molecular formula is C26H28BrFN6O2. The molecule has 2 aromatic carbocycles. The van der Waals surface area contributed by atoms with Gasteiger partial charge in [-0.15, -0.1) is 0 Å². The molecule has 0 spiro atoms. The van der Waals surface area contributed by atoms with E-state index >= 15 is 0 Å². The molecule has 0 atom stereocenters. The Labute approximate surface area is 218 Å². The van der Waals surface area contributed by atoms with Crippen molar-refractivity contribution in [3.05, 3.63) is 71.8 Å². The van der Waals surface area contributed by atoms with Gasteiger partial charge in [0.2, 0.25) is 5.95 Å². The quantitative estimate of drug-likeness (QED) is 0.303. The van der Waals surface area contributed by atoms with Crippen LogP contribution in [0, 0.1) is 5.82 Å². The largest absolute Gasteiger partial charge is 0.457 e. The molecule has 0 radical (unpaired) electrons. The Hall–Kier alpha value is -3.50. The number of ether oxygens (including phenoxy) is 1. The van der Waals surface area contributed by atoms with Gasteiger partial charge in [0.25, 0.3) is 0 Å². The maximum Gasteiger partial charge on any atom is 0.225 e. The Kier molecular flexibility index (Phi) is 8.50. The first-order valence-electron chi connectivity index (χ1n) is 11.6. The zero-order valence-corrected chi connectivity index (χ0v) is 21.7. The van der Waals surface area contributed by atoms with Crippen LogP contribution >= 0.6 is 15.9 Å². The molecular weight excluding hydrogens is 527 g/mol. The van der Waals surface area contributed by atoms with E-state index < -0.39 is 0 Å². The first-order chi connectivity index (χ1) is 17.4. The van der Waals surface area contributed by atoms with E-state index in [1.807, 2.05) is 12.1 Å². The maximum atomic E-state index is 13.1. The predicted octanol–water partition coefficient (Wildman–Crippen LogP) is 5.38. The molecule has 0 bridgehead atoms. The Morgan fingerprint density at radius 1 is 1.08 bits per heavy atom. The molecule has 3 N–H and O–H groups in total. The highest BCUT2D eigenvalue weighted by molar-refractivity contribution is 9.15. The number of rotatable bonds is 9. The van der Waals surface area contributed by atoms with E-state index in [4.69, 9.17) is 4.74 Å². The number of nitrogens with zero attached hydrogens (tertiary/aromatic N) is 3. The minimum absolute atomic E-state index is 0.249. The van der Waals surface area contributed by atoms with Crippen molar-refractivity contribution in [2.24, 2.45) is 0 Å². The molecule has 0 amide bonds. The molecule has 1 aliphatic rings. The van der Waals surface area contributed by atoms with Crippen molar-refractivity contribution in [1.29, 1.82) is 0 Å². The van der Waals surface area contributed by atoms with Gasteiger partial charge in [0.15, 0.2) is 6.29 Å². The fourth-order valence-corrected chi connectivity index (χ4v) is 4.37. The Morgan fingerprint density at radius 2 is 1.72 bits per heavy atom. The lowest BCUT2D eigenvalue weighted by atomic mass is 10.1. The third-order valence-electron chi connectivity index (χ3n) is 5.78. The zero-order chi connectivity index (χ0) is 25.5. The molecule has 0 aliphatic carbocycles. The summed E-state index contributed by atoms with van der Waals surface area (Å²) in [6.07, 6.45) is 4.43. The van der Waals surface area contributed by atoms with E-state index in [2.05, 4.69) is 53.8 Å².